The molecular formula is C19H19ClN4O4S2. The molecule has 30 heavy (non-hydrogen) atoms. The highest BCUT2D eigenvalue weighted by atomic mass is 35.5. The normalized spacial score (nSPS) is 17.7. The second-order valence-corrected chi connectivity index (χ2v) is 10.5. The van der Waals surface area contributed by atoms with Gasteiger partial charge in [0.25, 0.3) is 10.0 Å². The van der Waals surface area contributed by atoms with E-state index in [1.54, 1.807) is 42.6 Å². The Labute approximate surface area is 182 Å². The predicted octanol–water partition coefficient (Wildman–Crippen LogP) is 3.80. The van der Waals surface area contributed by atoms with E-state index in [0.29, 0.717) is 47.4 Å². The third-order valence-electron chi connectivity index (χ3n) is 4.82. The number of hydrogen-bond donors (Lipinski definition) is 1. The van der Waals surface area contributed by atoms with E-state index >= 15 is 0 Å². The fourth-order valence-corrected chi connectivity index (χ4v) is 6.23. The molecule has 1 amide bonds. The van der Waals surface area contributed by atoms with E-state index in [0.717, 1.165) is 11.3 Å². The summed E-state index contributed by atoms with van der Waals surface area (Å²) in [5.74, 6) is 0.130. The second-order valence-electron chi connectivity index (χ2n) is 6.99. The first-order chi connectivity index (χ1) is 14.3. The van der Waals surface area contributed by atoms with E-state index in [9.17, 15) is 13.2 Å². The van der Waals surface area contributed by atoms with Crippen LogP contribution >= 0.6 is 22.9 Å². The molecule has 1 fully saturated rings. The number of nitrogens with one attached hydrogen (secondary N) is 1. The highest BCUT2D eigenvalue weighted by Crippen LogP contribution is 2.31. The van der Waals surface area contributed by atoms with Crippen LogP contribution in [0.15, 0.2) is 44.4 Å². The molecule has 8 nitrogen and oxygen atoms in total. The number of benzene rings is 1. The first-order valence-corrected chi connectivity index (χ1v) is 12.0. The van der Waals surface area contributed by atoms with Crippen LogP contribution in [0.1, 0.15) is 18.7 Å². The number of hydrogen-bond acceptors (Lipinski definition) is 7. The lowest BCUT2D eigenvalue weighted by Crippen LogP contribution is -2.43. The molecule has 0 radical (unpaired) electrons. The number of nitrogens with zero attached hydrogens (tertiary/aromatic N) is 3. The van der Waals surface area contributed by atoms with Gasteiger partial charge in [-0.2, -0.15) is 9.29 Å². The summed E-state index contributed by atoms with van der Waals surface area (Å²) in [6.07, 6.45) is 1.24. The van der Waals surface area contributed by atoms with Crippen molar-refractivity contribution >= 4 is 44.6 Å². The molecule has 2 aromatic heterocycles. The van der Waals surface area contributed by atoms with Crippen LogP contribution in [0.5, 0.6) is 0 Å². The van der Waals surface area contributed by atoms with Gasteiger partial charge in [-0.05, 0) is 43.2 Å². The van der Waals surface area contributed by atoms with Crippen LogP contribution in [0.4, 0.5) is 5.69 Å². The van der Waals surface area contributed by atoms with Crippen LogP contribution in [0.2, 0.25) is 5.02 Å². The van der Waals surface area contributed by atoms with Crippen LogP contribution in [0.25, 0.3) is 11.4 Å². The fourth-order valence-electron chi connectivity index (χ4n) is 3.27. The van der Waals surface area contributed by atoms with Gasteiger partial charge in [-0.1, -0.05) is 16.8 Å². The van der Waals surface area contributed by atoms with Gasteiger partial charge in [0.05, 0.1) is 5.92 Å². The lowest BCUT2D eigenvalue weighted by atomic mass is 9.99. The van der Waals surface area contributed by atoms with Crippen LogP contribution in [-0.4, -0.2) is 41.9 Å². The molecule has 0 unspecified atom stereocenters. The molecule has 3 heterocycles. The Bertz CT molecular complexity index is 1160. The monoisotopic (exact) mass is 466 g/mol. The summed E-state index contributed by atoms with van der Waals surface area (Å²) >= 11 is 6.97. The number of carbonyl (C=O) groups excluding carboxylic acids is 1. The molecular weight excluding hydrogens is 448 g/mol. The molecule has 1 aliphatic rings. The van der Waals surface area contributed by atoms with Crippen molar-refractivity contribution in [2.24, 2.45) is 5.92 Å². The fraction of sp³-hybridized carbons (Fsp3) is 0.316. The minimum absolute atomic E-state index is 0.135. The standard InChI is InChI=1S/C19H19ClN4O4S2/c1-12-21-18(23-28-12)14-9-17(29-11-14)30(26,27)24-8-2-3-13(10-24)19(25)22-16-6-4-15(20)5-7-16/h4-7,9,11,13H,2-3,8,10H2,1H3,(H,22,25)/t13-/m1/s1. The molecule has 0 aliphatic carbocycles. The van der Waals surface area contributed by atoms with Gasteiger partial charge in [0, 0.05) is 41.7 Å². The number of thiophene rings is 1. The third-order valence-corrected chi connectivity index (χ3v) is 8.35. The average Bonchev–Trinajstić information content (AvgIpc) is 3.39. The number of piperidine rings is 1. The summed E-state index contributed by atoms with van der Waals surface area (Å²) in [7, 11) is -3.72. The van der Waals surface area contributed by atoms with Crippen molar-refractivity contribution in [1.29, 1.82) is 0 Å². The summed E-state index contributed by atoms with van der Waals surface area (Å²) < 4.78 is 32.8. The molecule has 1 saturated heterocycles. The Kier molecular flexibility index (Phi) is 5.92. The first kappa shape index (κ1) is 21.0. The smallest absolute Gasteiger partial charge is 0.252 e. The third kappa shape index (κ3) is 4.41. The summed E-state index contributed by atoms with van der Waals surface area (Å²) in [5, 5.41) is 8.92. The molecule has 1 N–H and O–H groups in total. The summed E-state index contributed by atoms with van der Waals surface area (Å²) in [4.78, 5) is 16.8. The van der Waals surface area contributed by atoms with Crippen LogP contribution in [0, 0.1) is 12.8 Å². The minimum Gasteiger partial charge on any atom is -0.339 e. The van der Waals surface area contributed by atoms with E-state index < -0.39 is 15.9 Å². The molecule has 1 aliphatic heterocycles. The van der Waals surface area contributed by atoms with Gasteiger partial charge in [0.2, 0.25) is 17.6 Å². The summed E-state index contributed by atoms with van der Waals surface area (Å²) in [6, 6.07) is 8.35. The number of rotatable bonds is 5. The number of sulfonamides is 1. The van der Waals surface area contributed by atoms with Gasteiger partial charge in [-0.25, -0.2) is 8.42 Å². The maximum atomic E-state index is 13.1. The predicted molar refractivity (Wildman–Crippen MR) is 114 cm³/mol. The van der Waals surface area contributed by atoms with E-state index in [2.05, 4.69) is 15.5 Å². The Morgan fingerprint density at radius 3 is 2.80 bits per heavy atom. The quantitative estimate of drug-likeness (QED) is 0.613. The molecule has 1 aromatic carbocycles. The van der Waals surface area contributed by atoms with Gasteiger partial charge in [-0.15, -0.1) is 11.3 Å². The summed E-state index contributed by atoms with van der Waals surface area (Å²) in [5.41, 5.74) is 1.21. The second kappa shape index (κ2) is 8.46. The molecule has 158 valence electrons. The highest BCUT2D eigenvalue weighted by molar-refractivity contribution is 7.91. The molecule has 1 atom stereocenters. The maximum absolute atomic E-state index is 13.1. The van der Waals surface area contributed by atoms with E-state index in [4.69, 9.17) is 16.1 Å². The topological polar surface area (TPSA) is 105 Å². The van der Waals surface area contributed by atoms with Crippen LogP contribution in [0.3, 0.4) is 0 Å². The lowest BCUT2D eigenvalue weighted by Gasteiger charge is -2.30. The maximum Gasteiger partial charge on any atom is 0.252 e. The number of halogens is 1. The molecule has 3 aromatic rings. The van der Waals surface area contributed by atoms with Crippen LogP contribution < -0.4 is 5.32 Å². The number of amides is 1. The average molecular weight is 467 g/mol. The SMILES string of the molecule is Cc1nc(-c2csc(S(=O)(=O)N3CCC[C@@H](C(=O)Nc4ccc(Cl)cc4)C3)c2)no1. The lowest BCUT2D eigenvalue weighted by molar-refractivity contribution is -0.120. The minimum atomic E-state index is -3.72. The molecule has 0 bridgehead atoms. The van der Waals surface area contributed by atoms with Gasteiger partial charge < -0.3 is 9.84 Å². The van der Waals surface area contributed by atoms with Gasteiger partial charge in [-0.3, -0.25) is 4.79 Å². The zero-order valence-corrected chi connectivity index (χ0v) is 18.4. The Balaban J connectivity index is 1.47. The van der Waals surface area contributed by atoms with Gasteiger partial charge in [0.1, 0.15) is 4.21 Å². The zero-order valence-electron chi connectivity index (χ0n) is 16.0. The largest absolute Gasteiger partial charge is 0.339 e. The van der Waals surface area contributed by atoms with Crippen LogP contribution in [-0.2, 0) is 14.8 Å². The Morgan fingerprint density at radius 2 is 2.10 bits per heavy atom. The van der Waals surface area contributed by atoms with Crippen molar-refractivity contribution in [3.05, 3.63) is 46.6 Å². The molecule has 4 rings (SSSR count). The number of aryl methyl sites for hydroxylation is 1. The van der Waals surface area contributed by atoms with Crippen molar-refractivity contribution in [3.63, 3.8) is 0 Å². The number of anilines is 1. The highest BCUT2D eigenvalue weighted by Gasteiger charge is 2.34. The van der Waals surface area contributed by atoms with Crippen molar-refractivity contribution in [1.82, 2.24) is 14.4 Å². The Hall–Kier alpha value is -2.27. The molecule has 0 spiro atoms. The Morgan fingerprint density at radius 1 is 1.33 bits per heavy atom. The van der Waals surface area contributed by atoms with Crippen molar-refractivity contribution < 1.29 is 17.7 Å². The number of carbonyl (C=O) groups is 1. The van der Waals surface area contributed by atoms with E-state index in [1.807, 2.05) is 0 Å². The molecule has 11 heteroatoms. The van der Waals surface area contributed by atoms with Crippen molar-refractivity contribution in [2.75, 3.05) is 18.4 Å². The van der Waals surface area contributed by atoms with Gasteiger partial charge >= 0.3 is 0 Å². The molecule has 0 saturated carbocycles. The first-order valence-electron chi connectivity index (χ1n) is 9.29. The van der Waals surface area contributed by atoms with E-state index in [-0.39, 0.29) is 16.7 Å². The van der Waals surface area contributed by atoms with E-state index in [1.165, 1.54) is 4.31 Å². The summed E-state index contributed by atoms with van der Waals surface area (Å²) in [6.45, 7) is 2.18. The van der Waals surface area contributed by atoms with Crippen molar-refractivity contribution in [2.45, 2.75) is 24.0 Å². The van der Waals surface area contributed by atoms with Gasteiger partial charge in [0.15, 0.2) is 0 Å². The van der Waals surface area contributed by atoms with Crippen molar-refractivity contribution in [3.8, 4) is 11.4 Å². The number of aromatic nitrogens is 2. The zero-order chi connectivity index (χ0) is 21.3.